The third-order valence-electron chi connectivity index (χ3n) is 4.46. The second-order valence-electron chi connectivity index (χ2n) is 6.14. The molecule has 1 N–H and O–H groups in total. The topological polar surface area (TPSA) is 73.2 Å². The van der Waals surface area contributed by atoms with E-state index in [4.69, 9.17) is 4.74 Å². The standard InChI is InChI=1S/C21H17N3O3/c1-13-19-20(23-24(13)16-10-6-7-11-18(16)27-2)17(25)12-15(21(19)26)22-14-8-4-3-5-9-14/h3-12,22H,1-2H3. The fraction of sp³-hybridized carbons (Fsp3) is 0.0952. The van der Waals surface area contributed by atoms with Gasteiger partial charge in [0.1, 0.15) is 17.1 Å². The highest BCUT2D eigenvalue weighted by atomic mass is 16.5. The molecule has 0 spiro atoms. The molecule has 0 radical (unpaired) electrons. The molecule has 6 nitrogen and oxygen atoms in total. The van der Waals surface area contributed by atoms with Crippen molar-refractivity contribution in [2.45, 2.75) is 6.92 Å². The number of anilines is 1. The number of hydrogen-bond donors (Lipinski definition) is 1. The van der Waals surface area contributed by atoms with Crippen molar-refractivity contribution in [3.8, 4) is 11.4 Å². The maximum Gasteiger partial charge on any atom is 0.213 e. The smallest absolute Gasteiger partial charge is 0.213 e. The van der Waals surface area contributed by atoms with E-state index in [1.807, 2.05) is 48.5 Å². The van der Waals surface area contributed by atoms with Crippen molar-refractivity contribution in [1.82, 2.24) is 9.78 Å². The van der Waals surface area contributed by atoms with Gasteiger partial charge in [-0.2, -0.15) is 5.10 Å². The number of benzene rings is 2. The van der Waals surface area contributed by atoms with Crippen LogP contribution in [0.1, 0.15) is 26.5 Å². The van der Waals surface area contributed by atoms with Gasteiger partial charge in [-0.1, -0.05) is 30.3 Å². The number of ether oxygens (including phenoxy) is 1. The second-order valence-corrected chi connectivity index (χ2v) is 6.14. The molecule has 1 aliphatic carbocycles. The van der Waals surface area contributed by atoms with Crippen molar-refractivity contribution in [2.24, 2.45) is 0 Å². The number of carbonyl (C=O) groups is 2. The number of carbonyl (C=O) groups excluding carboxylic acids is 2. The molecular formula is C21H17N3O3. The van der Waals surface area contributed by atoms with E-state index in [1.165, 1.54) is 6.08 Å². The Morgan fingerprint density at radius 2 is 1.70 bits per heavy atom. The SMILES string of the molecule is COc1ccccc1-n1nc2c(c1C)C(=O)C(Nc1ccccc1)=CC2=O. The Hall–Kier alpha value is -3.67. The number of nitrogens with one attached hydrogen (secondary N) is 1. The van der Waals surface area contributed by atoms with E-state index in [-0.39, 0.29) is 23.0 Å². The average Bonchev–Trinajstić information content (AvgIpc) is 3.04. The zero-order valence-electron chi connectivity index (χ0n) is 14.9. The van der Waals surface area contributed by atoms with Crippen LogP contribution >= 0.6 is 0 Å². The van der Waals surface area contributed by atoms with Gasteiger partial charge in [0.15, 0.2) is 0 Å². The van der Waals surface area contributed by atoms with Gasteiger partial charge in [0, 0.05) is 11.8 Å². The van der Waals surface area contributed by atoms with E-state index in [1.54, 1.807) is 24.8 Å². The van der Waals surface area contributed by atoms with E-state index >= 15 is 0 Å². The van der Waals surface area contributed by atoms with Crippen molar-refractivity contribution in [3.05, 3.63) is 83.3 Å². The lowest BCUT2D eigenvalue weighted by Gasteiger charge is -2.14. The van der Waals surface area contributed by atoms with Gasteiger partial charge in [0.05, 0.1) is 24.1 Å². The Labute approximate surface area is 156 Å². The van der Waals surface area contributed by atoms with E-state index in [9.17, 15) is 9.59 Å². The Balaban J connectivity index is 1.78. The highest BCUT2D eigenvalue weighted by Crippen LogP contribution is 2.29. The molecule has 0 atom stereocenters. The molecular weight excluding hydrogens is 342 g/mol. The molecule has 0 amide bonds. The van der Waals surface area contributed by atoms with Gasteiger partial charge >= 0.3 is 0 Å². The van der Waals surface area contributed by atoms with Crippen LogP contribution in [0.4, 0.5) is 5.69 Å². The molecule has 0 saturated heterocycles. The summed E-state index contributed by atoms with van der Waals surface area (Å²) in [6.07, 6.45) is 1.30. The molecule has 1 aliphatic rings. The zero-order chi connectivity index (χ0) is 19.0. The Kier molecular flexibility index (Phi) is 4.08. The van der Waals surface area contributed by atoms with Gasteiger partial charge in [-0.05, 0) is 31.2 Å². The van der Waals surface area contributed by atoms with Crippen LogP contribution in [-0.2, 0) is 0 Å². The third-order valence-corrected chi connectivity index (χ3v) is 4.46. The summed E-state index contributed by atoms with van der Waals surface area (Å²) in [7, 11) is 1.57. The summed E-state index contributed by atoms with van der Waals surface area (Å²) < 4.78 is 6.97. The van der Waals surface area contributed by atoms with Crippen molar-refractivity contribution in [3.63, 3.8) is 0 Å². The number of aromatic nitrogens is 2. The predicted molar refractivity (Wildman–Crippen MR) is 102 cm³/mol. The first kappa shape index (κ1) is 16.8. The van der Waals surface area contributed by atoms with Gasteiger partial charge in [0.2, 0.25) is 11.6 Å². The first-order valence-electron chi connectivity index (χ1n) is 8.46. The second kappa shape index (κ2) is 6.57. The minimum absolute atomic E-state index is 0.155. The number of ketones is 2. The number of nitrogens with zero attached hydrogens (tertiary/aromatic N) is 2. The van der Waals surface area contributed by atoms with Crippen molar-refractivity contribution in [1.29, 1.82) is 0 Å². The Morgan fingerprint density at radius 3 is 2.44 bits per heavy atom. The minimum atomic E-state index is -0.306. The fourth-order valence-corrected chi connectivity index (χ4v) is 3.16. The maximum atomic E-state index is 13.0. The number of Topliss-reactive ketones (excluding diaryl/α,β-unsaturated/α-hetero) is 1. The van der Waals surface area contributed by atoms with E-state index in [0.29, 0.717) is 22.7 Å². The number of allylic oxidation sites excluding steroid dienone is 2. The Morgan fingerprint density at radius 1 is 1.00 bits per heavy atom. The van der Waals surface area contributed by atoms with Crippen LogP contribution in [0.2, 0.25) is 0 Å². The van der Waals surface area contributed by atoms with E-state index < -0.39 is 0 Å². The molecule has 6 heteroatoms. The molecule has 1 aromatic heterocycles. The van der Waals surface area contributed by atoms with Gasteiger partial charge in [-0.3, -0.25) is 9.59 Å². The maximum absolute atomic E-state index is 13.0. The van der Waals surface area contributed by atoms with Crippen LogP contribution < -0.4 is 10.1 Å². The quantitative estimate of drug-likeness (QED) is 0.771. The minimum Gasteiger partial charge on any atom is -0.494 e. The van der Waals surface area contributed by atoms with Crippen molar-refractivity contribution in [2.75, 3.05) is 12.4 Å². The summed E-state index contributed by atoms with van der Waals surface area (Å²) in [6.45, 7) is 1.77. The van der Waals surface area contributed by atoms with Crippen LogP contribution in [0.15, 0.2) is 66.4 Å². The number of rotatable bonds is 4. The van der Waals surface area contributed by atoms with Crippen LogP contribution in [-0.4, -0.2) is 28.5 Å². The van der Waals surface area contributed by atoms with Gasteiger partial charge in [-0.25, -0.2) is 4.68 Å². The molecule has 0 unspecified atom stereocenters. The highest BCUT2D eigenvalue weighted by Gasteiger charge is 2.32. The molecule has 3 aromatic rings. The van der Waals surface area contributed by atoms with Crippen LogP contribution in [0.3, 0.4) is 0 Å². The normalized spacial score (nSPS) is 13.2. The molecule has 0 saturated carbocycles. The van der Waals surface area contributed by atoms with Crippen LogP contribution in [0.25, 0.3) is 5.69 Å². The highest BCUT2D eigenvalue weighted by molar-refractivity contribution is 6.25. The number of fused-ring (bicyclic) bond motifs is 1. The molecule has 2 aromatic carbocycles. The molecule has 27 heavy (non-hydrogen) atoms. The fourth-order valence-electron chi connectivity index (χ4n) is 3.16. The average molecular weight is 359 g/mol. The van der Waals surface area contributed by atoms with Crippen LogP contribution in [0, 0.1) is 6.92 Å². The van der Waals surface area contributed by atoms with E-state index in [0.717, 1.165) is 5.69 Å². The van der Waals surface area contributed by atoms with Crippen molar-refractivity contribution >= 4 is 17.3 Å². The van der Waals surface area contributed by atoms with E-state index in [2.05, 4.69) is 10.4 Å². The van der Waals surface area contributed by atoms with Gasteiger partial charge in [-0.15, -0.1) is 0 Å². The van der Waals surface area contributed by atoms with Gasteiger partial charge < -0.3 is 10.1 Å². The molecule has 0 aliphatic heterocycles. The van der Waals surface area contributed by atoms with Crippen LogP contribution in [0.5, 0.6) is 5.75 Å². The largest absolute Gasteiger partial charge is 0.494 e. The number of para-hydroxylation sites is 3. The summed E-state index contributed by atoms with van der Waals surface area (Å²) >= 11 is 0. The molecule has 134 valence electrons. The Bertz CT molecular complexity index is 1080. The lowest BCUT2D eigenvalue weighted by molar-refractivity contribution is 0.0983. The third kappa shape index (κ3) is 2.81. The van der Waals surface area contributed by atoms with Crippen molar-refractivity contribution < 1.29 is 14.3 Å². The molecule has 0 bridgehead atoms. The summed E-state index contributed by atoms with van der Waals surface area (Å²) in [6, 6.07) is 16.6. The number of hydrogen-bond acceptors (Lipinski definition) is 5. The summed E-state index contributed by atoms with van der Waals surface area (Å²) in [4.78, 5) is 25.6. The first-order valence-corrected chi connectivity index (χ1v) is 8.46. The summed E-state index contributed by atoms with van der Waals surface area (Å²) in [5.74, 6) is 0.0443. The predicted octanol–water partition coefficient (Wildman–Crippen LogP) is 3.56. The lowest BCUT2D eigenvalue weighted by Crippen LogP contribution is -2.21. The van der Waals surface area contributed by atoms with Gasteiger partial charge in [0.25, 0.3) is 0 Å². The first-order chi connectivity index (χ1) is 13.1. The summed E-state index contributed by atoms with van der Waals surface area (Å²) in [5, 5.41) is 7.43. The molecule has 0 fully saturated rings. The summed E-state index contributed by atoms with van der Waals surface area (Å²) in [5.41, 5.74) is 2.71. The zero-order valence-corrected chi connectivity index (χ0v) is 14.9. The lowest BCUT2D eigenvalue weighted by atomic mass is 9.97. The molecule has 4 rings (SSSR count). The monoisotopic (exact) mass is 359 g/mol. The number of methoxy groups -OCH3 is 1. The molecule has 1 heterocycles.